The third-order valence-corrected chi connectivity index (χ3v) is 2.88. The van der Waals surface area contributed by atoms with Gasteiger partial charge >= 0.3 is 4.71 Å². The first kappa shape index (κ1) is 11.3. The van der Waals surface area contributed by atoms with Crippen LogP contribution in [0.2, 0.25) is 0 Å². The topological polar surface area (TPSA) is 37.4 Å². The Labute approximate surface area is 98.5 Å². The van der Waals surface area contributed by atoms with Crippen LogP contribution in [-0.4, -0.2) is 20.8 Å². The summed E-state index contributed by atoms with van der Waals surface area (Å²) in [5, 5.41) is 0. The number of halogens is 3. The molecule has 0 spiro atoms. The molecule has 0 bridgehead atoms. The lowest BCUT2D eigenvalue weighted by Crippen LogP contribution is -2.26. The van der Waals surface area contributed by atoms with Gasteiger partial charge in [-0.25, -0.2) is 4.31 Å². The molecule has 0 aromatic heterocycles. The summed E-state index contributed by atoms with van der Waals surface area (Å²) in [6.07, 6.45) is 0. The van der Waals surface area contributed by atoms with Crippen molar-refractivity contribution in [1.82, 2.24) is 4.31 Å². The van der Waals surface area contributed by atoms with E-state index in [1.807, 2.05) is 0 Å². The molecule has 84 valence electrons. The van der Waals surface area contributed by atoms with Crippen LogP contribution >= 0.6 is 23.5 Å². The maximum Gasteiger partial charge on any atom is 0.390 e. The molecule has 16 heavy (non-hydrogen) atoms. The highest BCUT2D eigenvalue weighted by molar-refractivity contribution is 8.00. The van der Waals surface area contributed by atoms with Gasteiger partial charge in [0.15, 0.2) is 0 Å². The van der Waals surface area contributed by atoms with E-state index in [0.29, 0.717) is 4.31 Å². The van der Waals surface area contributed by atoms with Crippen LogP contribution in [0.4, 0.5) is 8.78 Å². The highest BCUT2D eigenvalue weighted by Gasteiger charge is 2.42. The molecule has 1 aliphatic heterocycles. The molecule has 0 N–H and O–H groups in total. The van der Waals surface area contributed by atoms with Gasteiger partial charge in [-0.15, -0.1) is 0 Å². The Bertz CT molecular complexity index is 440. The van der Waals surface area contributed by atoms with E-state index >= 15 is 0 Å². The molecule has 1 aromatic carbocycles. The second-order valence-corrected chi connectivity index (χ2v) is 4.75. The summed E-state index contributed by atoms with van der Waals surface area (Å²) < 4.78 is 21.7. The van der Waals surface area contributed by atoms with E-state index in [1.54, 1.807) is 12.1 Å². The van der Waals surface area contributed by atoms with E-state index in [9.17, 15) is 18.4 Å². The molecule has 0 unspecified atom stereocenters. The van der Waals surface area contributed by atoms with Crippen molar-refractivity contribution >= 4 is 35.4 Å². The van der Waals surface area contributed by atoms with Crippen molar-refractivity contribution in [2.75, 3.05) is 0 Å². The molecular weight excluding hydrogens is 260 g/mol. The minimum atomic E-state index is -3.69. The van der Waals surface area contributed by atoms with Gasteiger partial charge in [0.2, 0.25) is 0 Å². The predicted octanol–water partition coefficient (Wildman–Crippen LogP) is 2.72. The van der Waals surface area contributed by atoms with Gasteiger partial charge in [-0.1, -0.05) is 12.1 Å². The van der Waals surface area contributed by atoms with Crippen LogP contribution in [0.3, 0.4) is 0 Å². The van der Waals surface area contributed by atoms with E-state index in [4.69, 9.17) is 0 Å². The molecule has 1 heterocycles. The molecule has 0 saturated heterocycles. The van der Waals surface area contributed by atoms with Gasteiger partial charge in [0.1, 0.15) is 0 Å². The van der Waals surface area contributed by atoms with Gasteiger partial charge in [0, 0.05) is 0 Å². The lowest BCUT2D eigenvalue weighted by atomic mass is 10.1. The summed E-state index contributed by atoms with van der Waals surface area (Å²) >= 11 is 4.37. The minimum Gasteiger partial charge on any atom is -0.268 e. The Hall–Kier alpha value is -1.14. The molecule has 3 nitrogen and oxygen atoms in total. The highest BCUT2D eigenvalue weighted by atomic mass is 35.5. The van der Waals surface area contributed by atoms with Crippen LogP contribution in [0.5, 0.6) is 0 Å². The van der Waals surface area contributed by atoms with Gasteiger partial charge in [0.25, 0.3) is 11.8 Å². The normalized spacial score (nSPS) is 15.6. The van der Waals surface area contributed by atoms with E-state index < -0.39 is 16.5 Å². The molecule has 2 amide bonds. The Kier molecular flexibility index (Phi) is 2.63. The molecule has 1 aromatic rings. The molecule has 0 fully saturated rings. The monoisotopic (exact) mass is 263 g/mol. The number of benzene rings is 1. The third-order valence-electron chi connectivity index (χ3n) is 1.95. The molecular formula is C9H4ClF2NO2S. The number of alkyl halides is 3. The standard InChI is InChI=1S/C9H4ClF2NO2S/c10-9(11,12)16-13-7(14)5-3-1-2-4-6(5)8(13)15/h1-4H. The molecule has 7 heteroatoms. The number of hydrogen-bond acceptors (Lipinski definition) is 3. The Morgan fingerprint density at radius 3 is 1.94 bits per heavy atom. The van der Waals surface area contributed by atoms with Gasteiger partial charge in [-0.05, 0) is 23.7 Å². The first-order chi connectivity index (χ1) is 7.40. The summed E-state index contributed by atoms with van der Waals surface area (Å²) in [7, 11) is 0. The number of carbonyl (C=O) groups excluding carboxylic acids is 2. The fourth-order valence-electron chi connectivity index (χ4n) is 1.35. The Morgan fingerprint density at radius 1 is 1.12 bits per heavy atom. The van der Waals surface area contributed by atoms with Crippen LogP contribution in [0, 0.1) is 0 Å². The summed E-state index contributed by atoms with van der Waals surface area (Å²) in [5.74, 6) is -1.54. The first-order valence-electron chi connectivity index (χ1n) is 4.14. The van der Waals surface area contributed by atoms with Gasteiger partial charge in [-0.3, -0.25) is 9.59 Å². The molecule has 0 atom stereocenters. The summed E-state index contributed by atoms with van der Waals surface area (Å²) in [6, 6.07) is 5.92. The highest BCUT2D eigenvalue weighted by Crippen LogP contribution is 2.40. The first-order valence-corrected chi connectivity index (χ1v) is 5.29. The van der Waals surface area contributed by atoms with Crippen LogP contribution in [-0.2, 0) is 0 Å². The quantitative estimate of drug-likeness (QED) is 0.468. The number of rotatable bonds is 2. The van der Waals surface area contributed by atoms with Crippen molar-refractivity contribution in [3.8, 4) is 0 Å². The maximum atomic E-state index is 12.5. The number of nitrogens with zero attached hydrogens (tertiary/aromatic N) is 1. The average Bonchev–Trinajstić information content (AvgIpc) is 2.43. The van der Waals surface area contributed by atoms with Crippen molar-refractivity contribution in [2.24, 2.45) is 0 Å². The summed E-state index contributed by atoms with van der Waals surface area (Å²) in [4.78, 5) is 23.2. The zero-order chi connectivity index (χ0) is 11.9. The van der Waals surface area contributed by atoms with Crippen LogP contribution in [0.1, 0.15) is 20.7 Å². The molecule has 0 radical (unpaired) electrons. The fraction of sp³-hybridized carbons (Fsp3) is 0.111. The van der Waals surface area contributed by atoms with Crippen molar-refractivity contribution in [3.63, 3.8) is 0 Å². The lowest BCUT2D eigenvalue weighted by Gasteiger charge is -2.14. The maximum absolute atomic E-state index is 12.5. The zero-order valence-corrected chi connectivity index (χ0v) is 9.19. The van der Waals surface area contributed by atoms with Gasteiger partial charge in [0.05, 0.1) is 23.1 Å². The summed E-state index contributed by atoms with van der Waals surface area (Å²) in [5.41, 5.74) is 0.224. The van der Waals surface area contributed by atoms with Crippen LogP contribution < -0.4 is 0 Å². The number of hydrogen-bond donors (Lipinski definition) is 0. The number of fused-ring (bicyclic) bond motifs is 1. The largest absolute Gasteiger partial charge is 0.390 e. The minimum absolute atomic E-state index is 0.112. The van der Waals surface area contributed by atoms with Crippen molar-refractivity contribution in [1.29, 1.82) is 0 Å². The van der Waals surface area contributed by atoms with Crippen LogP contribution in [0.25, 0.3) is 0 Å². The second-order valence-electron chi connectivity index (χ2n) is 2.99. The fourth-order valence-corrected chi connectivity index (χ4v) is 2.13. The molecule has 2 rings (SSSR count). The van der Waals surface area contributed by atoms with Crippen molar-refractivity contribution < 1.29 is 18.4 Å². The van der Waals surface area contributed by atoms with E-state index in [0.717, 1.165) is 0 Å². The number of carbonyl (C=O) groups is 2. The molecule has 0 saturated carbocycles. The smallest absolute Gasteiger partial charge is 0.268 e. The van der Waals surface area contributed by atoms with E-state index in [1.165, 1.54) is 12.1 Å². The average molecular weight is 264 g/mol. The Morgan fingerprint density at radius 2 is 1.56 bits per heavy atom. The lowest BCUT2D eigenvalue weighted by molar-refractivity contribution is 0.0764. The van der Waals surface area contributed by atoms with Gasteiger partial charge in [-0.2, -0.15) is 8.78 Å². The molecule has 1 aliphatic rings. The third kappa shape index (κ3) is 1.90. The summed E-state index contributed by atoms with van der Waals surface area (Å²) in [6.45, 7) is 0. The van der Waals surface area contributed by atoms with E-state index in [2.05, 4.69) is 11.6 Å². The SMILES string of the molecule is O=C1c2ccccc2C(=O)N1SC(F)(F)Cl. The van der Waals surface area contributed by atoms with E-state index in [-0.39, 0.29) is 23.1 Å². The van der Waals surface area contributed by atoms with Crippen molar-refractivity contribution in [3.05, 3.63) is 35.4 Å². The predicted molar refractivity (Wildman–Crippen MR) is 55.3 cm³/mol. The van der Waals surface area contributed by atoms with Gasteiger partial charge < -0.3 is 0 Å². The number of amides is 2. The Balaban J connectivity index is 2.36. The number of imide groups is 1. The van der Waals surface area contributed by atoms with Crippen molar-refractivity contribution in [2.45, 2.75) is 4.71 Å². The molecule has 0 aliphatic carbocycles. The second kappa shape index (κ2) is 3.71. The van der Waals surface area contributed by atoms with Crippen LogP contribution in [0.15, 0.2) is 24.3 Å². The zero-order valence-electron chi connectivity index (χ0n) is 7.62.